The Labute approximate surface area is 150 Å². The van der Waals surface area contributed by atoms with Gasteiger partial charge in [0.25, 0.3) is 0 Å². The summed E-state index contributed by atoms with van der Waals surface area (Å²) in [5.74, 6) is 0.793. The molecule has 0 amide bonds. The molecule has 0 fully saturated rings. The third-order valence-electron chi connectivity index (χ3n) is 3.21. The Morgan fingerprint density at radius 2 is 2.26 bits per heavy atom. The standard InChI is InChI=1S/C14H19BIO6P/c1-4-19-13(17)7-12-14-10(15(18)21-12)5-9(22-23-16)6-11(14)20-8(2)3/h5-6,8,12,18,23H,4,7H2,1-3H3. The molecule has 1 aromatic carbocycles. The number of carbonyl (C=O) groups is 1. The third kappa shape index (κ3) is 4.72. The molecule has 1 aromatic rings. The van der Waals surface area contributed by atoms with Crippen molar-refractivity contribution in [2.24, 2.45) is 0 Å². The lowest BCUT2D eigenvalue weighted by Crippen LogP contribution is -2.28. The van der Waals surface area contributed by atoms with Crippen LogP contribution in [0.15, 0.2) is 12.1 Å². The number of carbonyl (C=O) groups excluding carboxylic acids is 1. The van der Waals surface area contributed by atoms with E-state index in [1.165, 1.54) is 0 Å². The van der Waals surface area contributed by atoms with Crippen molar-refractivity contribution in [2.75, 3.05) is 6.61 Å². The molecule has 0 saturated heterocycles. The van der Waals surface area contributed by atoms with Crippen LogP contribution in [0.1, 0.15) is 38.9 Å². The van der Waals surface area contributed by atoms with Crippen LogP contribution in [-0.2, 0) is 14.2 Å². The Morgan fingerprint density at radius 1 is 1.52 bits per heavy atom. The highest BCUT2D eigenvalue weighted by atomic mass is 127. The fourth-order valence-electron chi connectivity index (χ4n) is 2.44. The molecule has 6 nitrogen and oxygen atoms in total. The summed E-state index contributed by atoms with van der Waals surface area (Å²) in [6.45, 7) is 6.11. The van der Waals surface area contributed by atoms with Crippen LogP contribution in [0.2, 0.25) is 0 Å². The van der Waals surface area contributed by atoms with Gasteiger partial charge in [-0.2, -0.15) is 0 Å². The Morgan fingerprint density at radius 3 is 2.87 bits per heavy atom. The minimum atomic E-state index is -1.11. The molecule has 2 rings (SSSR count). The van der Waals surface area contributed by atoms with Crippen molar-refractivity contribution in [1.82, 2.24) is 0 Å². The molecule has 2 atom stereocenters. The average molecular weight is 452 g/mol. The topological polar surface area (TPSA) is 74.2 Å². The van der Waals surface area contributed by atoms with E-state index in [-0.39, 0.29) is 24.9 Å². The smallest absolute Gasteiger partial charge is 0.491 e. The molecule has 0 spiro atoms. The second kappa shape index (κ2) is 8.51. The van der Waals surface area contributed by atoms with Gasteiger partial charge in [0.1, 0.15) is 17.9 Å². The van der Waals surface area contributed by atoms with E-state index >= 15 is 0 Å². The van der Waals surface area contributed by atoms with Crippen molar-refractivity contribution >= 4 is 47.0 Å². The second-order valence-electron chi connectivity index (χ2n) is 5.26. The van der Waals surface area contributed by atoms with Gasteiger partial charge in [-0.1, -0.05) is 0 Å². The van der Waals surface area contributed by atoms with Gasteiger partial charge in [0, 0.05) is 11.6 Å². The normalized spacial score (nSPS) is 17.0. The molecule has 23 heavy (non-hydrogen) atoms. The molecular weight excluding hydrogens is 433 g/mol. The largest absolute Gasteiger partial charge is 0.492 e. The van der Waals surface area contributed by atoms with E-state index in [0.717, 1.165) is 0 Å². The first-order valence-electron chi connectivity index (χ1n) is 7.32. The Balaban J connectivity index is 2.37. The van der Waals surface area contributed by atoms with Crippen LogP contribution in [0.3, 0.4) is 0 Å². The summed E-state index contributed by atoms with van der Waals surface area (Å²) in [4.78, 5) is 11.8. The highest BCUT2D eigenvalue weighted by Gasteiger charge is 2.39. The van der Waals surface area contributed by atoms with Crippen LogP contribution in [0, 0.1) is 0 Å². The van der Waals surface area contributed by atoms with E-state index in [0.29, 0.717) is 29.1 Å². The Kier molecular flexibility index (Phi) is 6.94. The molecule has 1 aliphatic heterocycles. The van der Waals surface area contributed by atoms with Crippen LogP contribution < -0.4 is 14.7 Å². The number of esters is 1. The molecule has 126 valence electrons. The molecule has 0 aliphatic carbocycles. The maximum atomic E-state index is 11.8. The maximum absolute atomic E-state index is 11.8. The number of ether oxygens (including phenoxy) is 2. The highest BCUT2D eigenvalue weighted by Crippen LogP contribution is 2.39. The molecule has 1 heterocycles. The minimum Gasteiger partial charge on any atom is -0.491 e. The summed E-state index contributed by atoms with van der Waals surface area (Å²) in [6, 6.07) is 3.49. The van der Waals surface area contributed by atoms with Crippen molar-refractivity contribution in [3.8, 4) is 11.5 Å². The SMILES string of the molecule is CCOC(=O)CC1OB(O)c2cc(OPI)cc(OC(C)C)c21. The van der Waals surface area contributed by atoms with Gasteiger partial charge in [-0.25, -0.2) is 0 Å². The zero-order valence-corrected chi connectivity index (χ0v) is 16.3. The molecular formula is C14H19BIO6P. The first-order valence-corrected chi connectivity index (χ1v) is 11.3. The summed E-state index contributed by atoms with van der Waals surface area (Å²) in [7, 11) is -1.11. The van der Waals surface area contributed by atoms with Crippen LogP contribution in [0.4, 0.5) is 0 Å². The monoisotopic (exact) mass is 452 g/mol. The Bertz CT molecular complexity index is 570. The molecule has 1 aliphatic rings. The summed E-state index contributed by atoms with van der Waals surface area (Å²) < 4.78 is 21.9. The highest BCUT2D eigenvalue weighted by molar-refractivity contribution is 14.2. The molecule has 0 aromatic heterocycles. The number of hydrogen-bond acceptors (Lipinski definition) is 6. The van der Waals surface area contributed by atoms with Gasteiger partial charge in [0.2, 0.25) is 0 Å². The lowest BCUT2D eigenvalue weighted by atomic mass is 9.78. The molecule has 0 radical (unpaired) electrons. The predicted molar refractivity (Wildman–Crippen MR) is 97.9 cm³/mol. The number of benzene rings is 1. The quantitative estimate of drug-likeness (QED) is 0.297. The third-order valence-corrected chi connectivity index (χ3v) is 4.18. The molecule has 1 N–H and O–H groups in total. The van der Waals surface area contributed by atoms with Gasteiger partial charge >= 0.3 is 13.1 Å². The number of hydrogen-bond donors (Lipinski definition) is 1. The first-order chi connectivity index (χ1) is 11.0. The fourth-order valence-corrected chi connectivity index (χ4v) is 3.41. The van der Waals surface area contributed by atoms with E-state index in [1.807, 2.05) is 13.8 Å². The summed E-state index contributed by atoms with van der Waals surface area (Å²) in [5, 5.41) is 10.2. The van der Waals surface area contributed by atoms with Gasteiger partial charge < -0.3 is 23.7 Å². The van der Waals surface area contributed by atoms with E-state index < -0.39 is 13.2 Å². The van der Waals surface area contributed by atoms with Crippen molar-refractivity contribution in [2.45, 2.75) is 39.4 Å². The van der Waals surface area contributed by atoms with E-state index in [2.05, 4.69) is 22.0 Å². The van der Waals surface area contributed by atoms with Crippen LogP contribution >= 0.6 is 28.5 Å². The summed E-state index contributed by atoms with van der Waals surface area (Å²) in [5.41, 5.74) is 1.26. The average Bonchev–Trinajstić information content (AvgIpc) is 2.75. The van der Waals surface area contributed by atoms with Crippen molar-refractivity contribution in [3.05, 3.63) is 17.7 Å². The van der Waals surface area contributed by atoms with Gasteiger partial charge in [-0.05, 0) is 54.3 Å². The van der Waals surface area contributed by atoms with E-state index in [4.69, 9.17) is 18.7 Å². The van der Waals surface area contributed by atoms with Crippen LogP contribution in [0.5, 0.6) is 11.5 Å². The van der Waals surface area contributed by atoms with E-state index in [1.54, 1.807) is 19.1 Å². The minimum absolute atomic E-state index is 0.0284. The summed E-state index contributed by atoms with van der Waals surface area (Å²) >= 11 is 2.12. The molecule has 0 bridgehead atoms. The number of rotatable bonds is 7. The van der Waals surface area contributed by atoms with Crippen molar-refractivity contribution in [1.29, 1.82) is 0 Å². The lowest BCUT2D eigenvalue weighted by Gasteiger charge is -2.18. The van der Waals surface area contributed by atoms with Crippen molar-refractivity contribution < 1.29 is 28.5 Å². The van der Waals surface area contributed by atoms with E-state index in [9.17, 15) is 9.82 Å². The van der Waals surface area contributed by atoms with Crippen molar-refractivity contribution in [3.63, 3.8) is 0 Å². The predicted octanol–water partition coefficient (Wildman–Crippen LogP) is 2.51. The van der Waals surface area contributed by atoms with Crippen LogP contribution in [0.25, 0.3) is 0 Å². The molecule has 0 saturated carbocycles. The van der Waals surface area contributed by atoms with Gasteiger partial charge in [-0.15, -0.1) is 0 Å². The zero-order chi connectivity index (χ0) is 17.0. The lowest BCUT2D eigenvalue weighted by molar-refractivity contribution is -0.145. The maximum Gasteiger partial charge on any atom is 0.492 e. The Hall–Kier alpha value is -0.565. The fraction of sp³-hybridized carbons (Fsp3) is 0.500. The number of halogens is 1. The zero-order valence-electron chi connectivity index (χ0n) is 13.2. The first kappa shape index (κ1) is 18.8. The molecule has 2 unspecified atom stereocenters. The van der Waals surface area contributed by atoms with Crippen LogP contribution in [-0.4, -0.2) is 30.8 Å². The second-order valence-corrected chi connectivity index (χ2v) is 6.94. The van der Waals surface area contributed by atoms with Gasteiger partial charge in [0.15, 0.2) is 0 Å². The number of fused-ring (bicyclic) bond motifs is 1. The molecule has 9 heteroatoms. The summed E-state index contributed by atoms with van der Waals surface area (Å²) in [6.07, 6.45) is -0.623. The van der Waals surface area contributed by atoms with Gasteiger partial charge in [0.05, 0.1) is 25.2 Å². The van der Waals surface area contributed by atoms with Gasteiger partial charge in [-0.3, -0.25) is 4.79 Å².